The van der Waals surface area contributed by atoms with E-state index < -0.39 is 5.91 Å². The van der Waals surface area contributed by atoms with Gasteiger partial charge in [-0.1, -0.05) is 6.58 Å². The number of hydrogen-bond donors (Lipinski definition) is 1. The normalized spacial score (nSPS) is 4.57. The maximum atomic E-state index is 9.47. The second kappa shape index (κ2) is 9.71. The molecule has 0 atom stereocenters. The van der Waals surface area contributed by atoms with Crippen molar-refractivity contribution in [3.05, 3.63) is 12.7 Å². The average molecular weight is 132 g/mol. The Bertz CT molecular complexity index is 66.0. The number of nitrogens with two attached hydrogens (primary N) is 1. The summed E-state index contributed by atoms with van der Waals surface area (Å²) in [4.78, 5) is 9.47. The van der Waals surface area contributed by atoms with Gasteiger partial charge in [-0.2, -0.15) is 0 Å². The molecule has 4 heteroatoms. The van der Waals surface area contributed by atoms with Crippen LogP contribution < -0.4 is 5.73 Å². The van der Waals surface area contributed by atoms with Crippen LogP contribution in [0.15, 0.2) is 12.7 Å². The number of primary amides is 1. The molecular formula is C3H7ClNNaO. The molecule has 0 aliphatic carbocycles. The Hall–Kier alpha value is 0.500. The van der Waals surface area contributed by atoms with Gasteiger partial charge in [0.25, 0.3) is 0 Å². The van der Waals surface area contributed by atoms with Gasteiger partial charge in [0.1, 0.15) is 0 Å². The first kappa shape index (κ1) is 15.6. The fourth-order valence-electron chi connectivity index (χ4n) is 0. The van der Waals surface area contributed by atoms with Crippen LogP contribution in [-0.2, 0) is 4.79 Å². The standard InChI is InChI=1S/C3H5NO.ClH.Na.H/c1-2-3(4)5;;;/h2H,1H2,(H2,4,5);1H;;. The van der Waals surface area contributed by atoms with Gasteiger partial charge in [0.15, 0.2) is 0 Å². The zero-order valence-electron chi connectivity index (χ0n) is 3.18. The van der Waals surface area contributed by atoms with Crippen molar-refractivity contribution >= 4 is 47.9 Å². The molecule has 2 N–H and O–H groups in total. The third-order valence-corrected chi connectivity index (χ3v) is 0.201. The molecule has 1 amide bonds. The number of carbonyl (C=O) groups is 1. The van der Waals surface area contributed by atoms with Crippen LogP contribution in [0.1, 0.15) is 0 Å². The fourth-order valence-corrected chi connectivity index (χ4v) is 0. The van der Waals surface area contributed by atoms with E-state index in [1.807, 2.05) is 0 Å². The van der Waals surface area contributed by atoms with Gasteiger partial charge in [-0.15, -0.1) is 12.4 Å². The van der Waals surface area contributed by atoms with Gasteiger partial charge < -0.3 is 5.73 Å². The van der Waals surface area contributed by atoms with E-state index in [2.05, 4.69) is 12.3 Å². The molecule has 0 saturated heterocycles. The van der Waals surface area contributed by atoms with Crippen LogP contribution in [0.2, 0.25) is 0 Å². The molecule has 0 aromatic rings. The van der Waals surface area contributed by atoms with E-state index in [1.54, 1.807) is 0 Å². The van der Waals surface area contributed by atoms with Crippen molar-refractivity contribution in [2.75, 3.05) is 0 Å². The van der Waals surface area contributed by atoms with E-state index in [9.17, 15) is 4.79 Å². The van der Waals surface area contributed by atoms with Crippen LogP contribution in [-0.4, -0.2) is 35.5 Å². The van der Waals surface area contributed by atoms with Crippen LogP contribution in [0.5, 0.6) is 0 Å². The second-order valence-electron chi connectivity index (χ2n) is 0.606. The van der Waals surface area contributed by atoms with Gasteiger partial charge in [0.2, 0.25) is 5.91 Å². The summed E-state index contributed by atoms with van der Waals surface area (Å²) in [5, 5.41) is 0. The van der Waals surface area contributed by atoms with Crippen LogP contribution >= 0.6 is 12.4 Å². The molecular weight excluding hydrogens is 124 g/mol. The van der Waals surface area contributed by atoms with E-state index in [4.69, 9.17) is 0 Å². The molecule has 0 aromatic heterocycles. The number of carbonyl (C=O) groups excluding carboxylic acids is 1. The van der Waals surface area contributed by atoms with Crippen molar-refractivity contribution in [1.82, 2.24) is 0 Å². The molecule has 0 spiro atoms. The van der Waals surface area contributed by atoms with Crippen LogP contribution in [0, 0.1) is 0 Å². The molecule has 0 radical (unpaired) electrons. The Morgan fingerprint density at radius 2 is 1.86 bits per heavy atom. The third-order valence-electron chi connectivity index (χ3n) is 0.201. The summed E-state index contributed by atoms with van der Waals surface area (Å²) in [6.07, 6.45) is 1.06. The van der Waals surface area contributed by atoms with Crippen LogP contribution in [0.4, 0.5) is 0 Å². The number of rotatable bonds is 1. The monoisotopic (exact) mass is 131 g/mol. The van der Waals surface area contributed by atoms with Crippen molar-refractivity contribution in [2.45, 2.75) is 0 Å². The van der Waals surface area contributed by atoms with E-state index in [0.717, 1.165) is 6.08 Å². The maximum absolute atomic E-state index is 9.47. The minimum atomic E-state index is -0.481. The number of amides is 1. The summed E-state index contributed by atoms with van der Waals surface area (Å²) in [5.41, 5.74) is 4.53. The van der Waals surface area contributed by atoms with Crippen molar-refractivity contribution in [2.24, 2.45) is 5.73 Å². The van der Waals surface area contributed by atoms with Gasteiger partial charge in [-0.25, -0.2) is 0 Å². The predicted molar refractivity (Wildman–Crippen MR) is 33.8 cm³/mol. The topological polar surface area (TPSA) is 43.1 Å². The molecule has 0 bridgehead atoms. The molecule has 0 fully saturated rings. The quantitative estimate of drug-likeness (QED) is 0.376. The average Bonchev–Trinajstić information content (AvgIpc) is 1.38. The third kappa shape index (κ3) is 21.1. The number of hydrogen-bond acceptors (Lipinski definition) is 1. The summed E-state index contributed by atoms with van der Waals surface area (Å²) in [6, 6.07) is 0. The van der Waals surface area contributed by atoms with E-state index >= 15 is 0 Å². The Morgan fingerprint density at radius 1 is 1.71 bits per heavy atom. The van der Waals surface area contributed by atoms with Crippen molar-refractivity contribution in [3.8, 4) is 0 Å². The molecule has 2 nitrogen and oxygen atoms in total. The SMILES string of the molecule is C=CC(N)=O.Cl.[NaH]. The molecule has 0 rings (SSSR count). The summed E-state index contributed by atoms with van der Waals surface area (Å²) >= 11 is 0. The van der Waals surface area contributed by atoms with E-state index in [1.165, 1.54) is 0 Å². The summed E-state index contributed by atoms with van der Waals surface area (Å²) < 4.78 is 0. The molecule has 0 unspecified atom stereocenters. The molecule has 0 saturated carbocycles. The van der Waals surface area contributed by atoms with E-state index in [0.29, 0.717) is 0 Å². The molecule has 0 aromatic carbocycles. The molecule has 0 aliphatic rings. The fraction of sp³-hybridized carbons (Fsp3) is 0. The van der Waals surface area contributed by atoms with Gasteiger partial charge in [0, 0.05) is 0 Å². The molecule has 38 valence electrons. The molecule has 0 aliphatic heterocycles. The summed E-state index contributed by atoms with van der Waals surface area (Å²) in [6.45, 7) is 3.09. The van der Waals surface area contributed by atoms with Gasteiger partial charge >= 0.3 is 29.6 Å². The Kier molecular flexibility index (Phi) is 21.7. The van der Waals surface area contributed by atoms with Crippen LogP contribution in [0.25, 0.3) is 0 Å². The van der Waals surface area contributed by atoms with Gasteiger partial charge in [-0.05, 0) is 6.08 Å². The number of halogens is 1. The van der Waals surface area contributed by atoms with Crippen molar-refractivity contribution < 1.29 is 4.79 Å². The molecule has 0 heterocycles. The first-order valence-corrected chi connectivity index (χ1v) is 1.19. The Labute approximate surface area is 70.8 Å². The predicted octanol–water partition coefficient (Wildman–Crippen LogP) is -0.569. The zero-order chi connectivity index (χ0) is 4.28. The molecule has 7 heavy (non-hydrogen) atoms. The van der Waals surface area contributed by atoms with Gasteiger partial charge in [-0.3, -0.25) is 4.79 Å². The van der Waals surface area contributed by atoms with Crippen molar-refractivity contribution in [1.29, 1.82) is 0 Å². The van der Waals surface area contributed by atoms with E-state index in [-0.39, 0.29) is 42.0 Å². The van der Waals surface area contributed by atoms with Gasteiger partial charge in [0.05, 0.1) is 0 Å². The summed E-state index contributed by atoms with van der Waals surface area (Å²) in [5.74, 6) is -0.481. The summed E-state index contributed by atoms with van der Waals surface area (Å²) in [7, 11) is 0. The first-order chi connectivity index (χ1) is 2.27. The first-order valence-electron chi connectivity index (χ1n) is 1.19. The van der Waals surface area contributed by atoms with Crippen molar-refractivity contribution in [3.63, 3.8) is 0 Å². The van der Waals surface area contributed by atoms with Crippen LogP contribution in [0.3, 0.4) is 0 Å². The minimum absolute atomic E-state index is 0. The second-order valence-corrected chi connectivity index (χ2v) is 0.606. The Balaban J connectivity index is -0.0000000800. The Morgan fingerprint density at radius 3 is 1.86 bits per heavy atom. The zero-order valence-corrected chi connectivity index (χ0v) is 3.99.